The van der Waals surface area contributed by atoms with E-state index >= 15 is 0 Å². The monoisotopic (exact) mass is 347 g/mol. The lowest BCUT2D eigenvalue weighted by atomic mass is 10.1. The third kappa shape index (κ3) is 3.39. The molecule has 2 heterocycles. The zero-order valence-corrected chi connectivity index (χ0v) is 14.4. The molecule has 4 rings (SSSR count). The Morgan fingerprint density at radius 3 is 2.65 bits per heavy atom. The maximum Gasteiger partial charge on any atom is 0.252 e. The number of H-pyrrole nitrogens is 1. The summed E-state index contributed by atoms with van der Waals surface area (Å²) in [6.07, 6.45) is 0.761. The number of carbonyl (C=O) groups is 1. The van der Waals surface area contributed by atoms with E-state index in [1.165, 1.54) is 0 Å². The number of amides is 1. The van der Waals surface area contributed by atoms with Gasteiger partial charge in [-0.1, -0.05) is 48.5 Å². The van der Waals surface area contributed by atoms with E-state index in [0.717, 1.165) is 29.4 Å². The minimum atomic E-state index is -0.232. The number of rotatable bonds is 5. The maximum atomic E-state index is 12.6. The summed E-state index contributed by atoms with van der Waals surface area (Å²) in [6.45, 7) is 1.75. The van der Waals surface area contributed by atoms with Gasteiger partial charge in [0.15, 0.2) is 0 Å². The molecule has 0 saturated carbocycles. The summed E-state index contributed by atoms with van der Waals surface area (Å²) in [4.78, 5) is 29.6. The maximum absolute atomic E-state index is 12.6. The van der Waals surface area contributed by atoms with Crippen LogP contribution in [0.4, 0.5) is 0 Å². The van der Waals surface area contributed by atoms with E-state index in [-0.39, 0.29) is 17.5 Å². The Bertz CT molecular complexity index is 981. The summed E-state index contributed by atoms with van der Waals surface area (Å²) in [6, 6.07) is 19.4. The van der Waals surface area contributed by atoms with Crippen LogP contribution in [0.25, 0.3) is 10.9 Å². The van der Waals surface area contributed by atoms with Crippen molar-refractivity contribution in [3.63, 3.8) is 0 Å². The van der Waals surface area contributed by atoms with Crippen LogP contribution in [0, 0.1) is 0 Å². The molecule has 1 amide bonds. The number of fused-ring (bicyclic) bond motifs is 1. The highest BCUT2D eigenvalue weighted by Gasteiger charge is 2.31. The van der Waals surface area contributed by atoms with Gasteiger partial charge < -0.3 is 15.2 Å². The molecular weight excluding hydrogens is 326 g/mol. The Kier molecular flexibility index (Phi) is 4.54. The minimum absolute atomic E-state index is 0.103. The number of nitrogens with one attached hydrogen (secondary N) is 2. The zero-order valence-electron chi connectivity index (χ0n) is 14.4. The molecule has 26 heavy (non-hydrogen) atoms. The molecule has 2 aromatic carbocycles. The number of pyridine rings is 1. The van der Waals surface area contributed by atoms with Crippen LogP contribution in [-0.2, 0) is 17.9 Å². The third-order valence-electron chi connectivity index (χ3n) is 4.88. The summed E-state index contributed by atoms with van der Waals surface area (Å²) in [5.74, 6) is 0.103. The smallest absolute Gasteiger partial charge is 0.252 e. The number of hydrogen-bond acceptors (Lipinski definition) is 3. The molecule has 1 saturated heterocycles. The van der Waals surface area contributed by atoms with Gasteiger partial charge >= 0.3 is 0 Å². The Balaban J connectivity index is 1.42. The first-order chi connectivity index (χ1) is 12.7. The van der Waals surface area contributed by atoms with Crippen molar-refractivity contribution in [2.75, 3.05) is 6.54 Å². The fourth-order valence-electron chi connectivity index (χ4n) is 3.45. The van der Waals surface area contributed by atoms with Crippen molar-refractivity contribution in [3.8, 4) is 0 Å². The average molecular weight is 347 g/mol. The molecule has 1 aliphatic heterocycles. The molecule has 132 valence electrons. The highest BCUT2D eigenvalue weighted by Crippen LogP contribution is 2.16. The van der Waals surface area contributed by atoms with Crippen LogP contribution in [-0.4, -0.2) is 28.4 Å². The summed E-state index contributed by atoms with van der Waals surface area (Å²) < 4.78 is 0. The molecule has 0 spiro atoms. The van der Waals surface area contributed by atoms with Crippen LogP contribution in [0.1, 0.15) is 17.5 Å². The van der Waals surface area contributed by atoms with Gasteiger partial charge in [0.25, 0.3) is 5.56 Å². The lowest BCUT2D eigenvalue weighted by Gasteiger charge is -2.17. The molecule has 1 atom stereocenters. The fourth-order valence-corrected chi connectivity index (χ4v) is 3.45. The van der Waals surface area contributed by atoms with E-state index < -0.39 is 0 Å². The highest BCUT2D eigenvalue weighted by molar-refractivity contribution is 5.84. The van der Waals surface area contributed by atoms with Crippen LogP contribution >= 0.6 is 0 Å². The van der Waals surface area contributed by atoms with E-state index in [2.05, 4.69) is 10.3 Å². The van der Waals surface area contributed by atoms with Crippen molar-refractivity contribution < 1.29 is 4.79 Å². The fraction of sp³-hybridized carbons (Fsp3) is 0.238. The Morgan fingerprint density at radius 1 is 1.04 bits per heavy atom. The van der Waals surface area contributed by atoms with Crippen molar-refractivity contribution in [2.45, 2.75) is 25.6 Å². The number of benzene rings is 2. The number of aromatic amines is 1. The summed E-state index contributed by atoms with van der Waals surface area (Å²) >= 11 is 0. The number of hydrogen-bond donors (Lipinski definition) is 2. The van der Waals surface area contributed by atoms with Crippen molar-refractivity contribution in [1.29, 1.82) is 0 Å². The van der Waals surface area contributed by atoms with Crippen molar-refractivity contribution in [2.24, 2.45) is 0 Å². The Labute approximate surface area is 151 Å². The van der Waals surface area contributed by atoms with E-state index in [0.29, 0.717) is 18.7 Å². The van der Waals surface area contributed by atoms with Gasteiger partial charge in [-0.15, -0.1) is 0 Å². The largest absolute Gasteiger partial charge is 0.337 e. The Morgan fingerprint density at radius 2 is 1.81 bits per heavy atom. The third-order valence-corrected chi connectivity index (χ3v) is 4.88. The number of carbonyl (C=O) groups excluding carboxylic acids is 1. The van der Waals surface area contributed by atoms with Gasteiger partial charge in [0.1, 0.15) is 0 Å². The number of likely N-dealkylation sites (tertiary alicyclic amines) is 1. The zero-order chi connectivity index (χ0) is 17.9. The molecule has 0 radical (unpaired) electrons. The normalized spacial score (nSPS) is 17.2. The number of nitrogens with zero attached hydrogens (tertiary/aromatic N) is 1. The van der Waals surface area contributed by atoms with Crippen molar-refractivity contribution in [1.82, 2.24) is 15.2 Å². The molecule has 1 unspecified atom stereocenters. The second kappa shape index (κ2) is 7.14. The van der Waals surface area contributed by atoms with E-state index in [1.54, 1.807) is 0 Å². The second-order valence-electron chi connectivity index (χ2n) is 6.68. The van der Waals surface area contributed by atoms with Gasteiger partial charge in [-0.05, 0) is 29.5 Å². The predicted molar refractivity (Wildman–Crippen MR) is 102 cm³/mol. The molecule has 2 N–H and O–H groups in total. The lowest BCUT2D eigenvalue weighted by molar-refractivity contribution is -0.129. The average Bonchev–Trinajstić information content (AvgIpc) is 3.00. The van der Waals surface area contributed by atoms with Crippen LogP contribution in [0.15, 0.2) is 65.5 Å². The molecule has 0 aliphatic carbocycles. The highest BCUT2D eigenvalue weighted by atomic mass is 16.2. The molecule has 3 aromatic rings. The van der Waals surface area contributed by atoms with E-state index in [9.17, 15) is 9.59 Å². The summed E-state index contributed by atoms with van der Waals surface area (Å²) in [5, 5.41) is 4.25. The van der Waals surface area contributed by atoms with Gasteiger partial charge in [-0.25, -0.2) is 0 Å². The van der Waals surface area contributed by atoms with Crippen molar-refractivity contribution in [3.05, 3.63) is 82.1 Å². The quantitative estimate of drug-likeness (QED) is 0.745. The van der Waals surface area contributed by atoms with Gasteiger partial charge in [-0.2, -0.15) is 0 Å². The number of para-hydroxylation sites is 1. The molecular formula is C21H21N3O2. The first kappa shape index (κ1) is 16.5. The first-order valence-electron chi connectivity index (χ1n) is 8.88. The van der Waals surface area contributed by atoms with Gasteiger partial charge in [-0.3, -0.25) is 9.59 Å². The minimum Gasteiger partial charge on any atom is -0.337 e. The standard InChI is InChI=1S/C21H21N3O2/c25-20-17(12-16-8-4-5-9-18(16)23-20)13-22-19-10-11-24(21(19)26)14-15-6-2-1-3-7-15/h1-9,12,19,22H,10-11,13-14H2,(H,23,25). The lowest BCUT2D eigenvalue weighted by Crippen LogP contribution is -2.38. The van der Waals surface area contributed by atoms with Crippen LogP contribution < -0.4 is 10.9 Å². The summed E-state index contributed by atoms with van der Waals surface area (Å²) in [7, 11) is 0. The summed E-state index contributed by atoms with van der Waals surface area (Å²) in [5.41, 5.74) is 2.50. The van der Waals surface area contributed by atoms with Crippen LogP contribution in [0.3, 0.4) is 0 Å². The topological polar surface area (TPSA) is 65.2 Å². The van der Waals surface area contributed by atoms with Crippen LogP contribution in [0.2, 0.25) is 0 Å². The first-order valence-corrected chi connectivity index (χ1v) is 8.88. The Hall–Kier alpha value is -2.92. The molecule has 0 bridgehead atoms. The van der Waals surface area contributed by atoms with E-state index in [4.69, 9.17) is 0 Å². The van der Waals surface area contributed by atoms with Crippen molar-refractivity contribution >= 4 is 16.8 Å². The molecule has 5 nitrogen and oxygen atoms in total. The van der Waals surface area contributed by atoms with Crippen LogP contribution in [0.5, 0.6) is 0 Å². The molecule has 5 heteroatoms. The van der Waals surface area contributed by atoms with Gasteiger partial charge in [0.05, 0.1) is 6.04 Å². The molecule has 1 aliphatic rings. The SMILES string of the molecule is O=C1C(NCc2cc3ccccc3[nH]c2=O)CCN1Cc1ccccc1. The molecule has 1 fully saturated rings. The molecule has 1 aromatic heterocycles. The second-order valence-corrected chi connectivity index (χ2v) is 6.68. The van der Waals surface area contributed by atoms with Gasteiger partial charge in [0.2, 0.25) is 5.91 Å². The van der Waals surface area contributed by atoms with Gasteiger partial charge in [0, 0.05) is 30.7 Å². The number of aromatic nitrogens is 1. The predicted octanol–water partition coefficient (Wildman–Crippen LogP) is 2.42. The van der Waals surface area contributed by atoms with E-state index in [1.807, 2.05) is 65.6 Å².